The Hall–Kier alpha value is -3.17. The molecule has 1 aromatic carbocycles. The van der Waals surface area contributed by atoms with Gasteiger partial charge in [-0.25, -0.2) is 8.78 Å². The van der Waals surface area contributed by atoms with Crippen LogP contribution >= 0.6 is 0 Å². The van der Waals surface area contributed by atoms with E-state index < -0.39 is 11.6 Å². The van der Waals surface area contributed by atoms with Gasteiger partial charge in [-0.3, -0.25) is 4.79 Å². The summed E-state index contributed by atoms with van der Waals surface area (Å²) in [6.45, 7) is 1.03. The highest BCUT2D eigenvalue weighted by atomic mass is 19.1. The molecule has 1 aliphatic heterocycles. The molecule has 1 N–H and O–H groups in total. The number of benzene rings is 1. The van der Waals surface area contributed by atoms with Gasteiger partial charge in [-0.15, -0.1) is 14.8 Å². The first-order valence-electron chi connectivity index (χ1n) is 8.63. The van der Waals surface area contributed by atoms with Crippen LogP contribution in [0.3, 0.4) is 0 Å². The van der Waals surface area contributed by atoms with Crippen LogP contribution in [0.4, 0.5) is 14.6 Å². The molecule has 3 heterocycles. The second kappa shape index (κ2) is 7.22. The van der Waals surface area contributed by atoms with Crippen molar-refractivity contribution in [3.05, 3.63) is 47.5 Å². The van der Waals surface area contributed by atoms with Crippen molar-refractivity contribution in [2.45, 2.75) is 25.3 Å². The zero-order valence-corrected chi connectivity index (χ0v) is 14.3. The third-order valence-electron chi connectivity index (χ3n) is 4.66. The highest BCUT2D eigenvalue weighted by molar-refractivity contribution is 5.79. The third-order valence-corrected chi connectivity index (χ3v) is 4.66. The van der Waals surface area contributed by atoms with E-state index >= 15 is 0 Å². The first kappa shape index (κ1) is 17.3. The molecule has 10 heteroatoms. The van der Waals surface area contributed by atoms with Crippen molar-refractivity contribution in [3.63, 3.8) is 0 Å². The summed E-state index contributed by atoms with van der Waals surface area (Å²) in [7, 11) is 0. The summed E-state index contributed by atoms with van der Waals surface area (Å²) in [5, 5.41) is 18.7. The molecule has 1 aliphatic rings. The molecule has 3 aromatic rings. The summed E-state index contributed by atoms with van der Waals surface area (Å²) in [5.74, 6) is -1.01. The zero-order chi connectivity index (χ0) is 18.8. The number of nitrogens with zero attached hydrogens (tertiary/aromatic N) is 6. The number of piperidine rings is 1. The molecule has 0 bridgehead atoms. The van der Waals surface area contributed by atoms with E-state index in [1.165, 1.54) is 10.7 Å². The van der Waals surface area contributed by atoms with Crippen LogP contribution < -0.4 is 5.32 Å². The van der Waals surface area contributed by atoms with Gasteiger partial charge in [0.25, 0.3) is 0 Å². The summed E-state index contributed by atoms with van der Waals surface area (Å²) in [6, 6.07) is 7.31. The van der Waals surface area contributed by atoms with Crippen LogP contribution in [0, 0.1) is 11.6 Å². The highest BCUT2D eigenvalue weighted by Crippen LogP contribution is 2.18. The van der Waals surface area contributed by atoms with Crippen molar-refractivity contribution >= 4 is 17.4 Å². The van der Waals surface area contributed by atoms with E-state index in [4.69, 9.17) is 0 Å². The maximum atomic E-state index is 13.7. The third kappa shape index (κ3) is 3.69. The molecule has 0 aliphatic carbocycles. The molecule has 1 amide bonds. The number of amides is 1. The molecule has 8 nitrogen and oxygen atoms in total. The molecular formula is C17H17F2N7O. The maximum absolute atomic E-state index is 13.7. The van der Waals surface area contributed by atoms with Crippen LogP contribution in [-0.4, -0.2) is 55.2 Å². The average Bonchev–Trinajstić information content (AvgIpc) is 3.13. The minimum Gasteiger partial charge on any atom is -0.366 e. The Morgan fingerprint density at radius 2 is 1.89 bits per heavy atom. The number of carbonyl (C=O) groups is 1. The lowest BCUT2D eigenvalue weighted by atomic mass is 10.0. The van der Waals surface area contributed by atoms with Gasteiger partial charge < -0.3 is 10.2 Å². The summed E-state index contributed by atoms with van der Waals surface area (Å²) < 4.78 is 28.8. The van der Waals surface area contributed by atoms with E-state index in [2.05, 4.69) is 25.9 Å². The van der Waals surface area contributed by atoms with E-state index in [9.17, 15) is 13.6 Å². The number of aromatic nitrogens is 5. The van der Waals surface area contributed by atoms with Crippen LogP contribution in [-0.2, 0) is 11.2 Å². The highest BCUT2D eigenvalue weighted by Gasteiger charge is 2.24. The molecule has 27 heavy (non-hydrogen) atoms. The molecule has 4 rings (SSSR count). The lowest BCUT2D eigenvalue weighted by Crippen LogP contribution is -2.43. The average molecular weight is 373 g/mol. The lowest BCUT2D eigenvalue weighted by molar-refractivity contribution is -0.131. The molecule has 140 valence electrons. The number of hydrogen-bond donors (Lipinski definition) is 1. The molecule has 0 spiro atoms. The van der Waals surface area contributed by atoms with Gasteiger partial charge in [0.05, 0.1) is 6.42 Å². The van der Waals surface area contributed by atoms with Crippen molar-refractivity contribution in [1.82, 2.24) is 30.2 Å². The van der Waals surface area contributed by atoms with Gasteiger partial charge in [-0.2, -0.15) is 0 Å². The van der Waals surface area contributed by atoms with E-state index in [-0.39, 0.29) is 23.9 Å². The van der Waals surface area contributed by atoms with Gasteiger partial charge in [-0.1, -0.05) is 6.07 Å². The monoisotopic (exact) mass is 373 g/mol. The van der Waals surface area contributed by atoms with E-state index in [0.717, 1.165) is 12.1 Å². The maximum Gasteiger partial charge on any atom is 0.227 e. The number of carbonyl (C=O) groups excluding carboxylic acids is 1. The predicted molar refractivity (Wildman–Crippen MR) is 91.9 cm³/mol. The summed E-state index contributed by atoms with van der Waals surface area (Å²) in [4.78, 5) is 14.0. The summed E-state index contributed by atoms with van der Waals surface area (Å²) in [6.07, 6.45) is 1.15. The van der Waals surface area contributed by atoms with Crippen LogP contribution in [0.5, 0.6) is 0 Å². The number of fused-ring (bicyclic) bond motifs is 1. The SMILES string of the molecule is O=C(Cc1c(F)cccc1F)N1CCC(Nc2ccc3nnnn3n2)CC1. The number of nitrogens with one attached hydrogen (secondary N) is 1. The minimum absolute atomic E-state index is 0.140. The summed E-state index contributed by atoms with van der Waals surface area (Å²) in [5.41, 5.74) is 0.378. The van der Waals surface area contributed by atoms with Gasteiger partial charge in [0, 0.05) is 24.7 Å². The van der Waals surface area contributed by atoms with Gasteiger partial charge in [0.1, 0.15) is 17.5 Å². The molecule has 1 saturated heterocycles. The van der Waals surface area contributed by atoms with Crippen molar-refractivity contribution in [3.8, 4) is 0 Å². The van der Waals surface area contributed by atoms with Crippen LogP contribution in [0.15, 0.2) is 30.3 Å². The second-order valence-electron chi connectivity index (χ2n) is 6.42. The predicted octanol–water partition coefficient (Wildman–Crippen LogP) is 1.44. The number of anilines is 1. The Morgan fingerprint density at radius 1 is 1.15 bits per heavy atom. The largest absolute Gasteiger partial charge is 0.366 e. The Morgan fingerprint density at radius 3 is 2.63 bits per heavy atom. The number of tetrazole rings is 1. The first-order chi connectivity index (χ1) is 13.1. The summed E-state index contributed by atoms with van der Waals surface area (Å²) >= 11 is 0. The molecule has 1 fully saturated rings. The molecule has 0 atom stereocenters. The van der Waals surface area contributed by atoms with Gasteiger partial charge in [0.2, 0.25) is 5.91 Å². The fourth-order valence-electron chi connectivity index (χ4n) is 3.17. The number of rotatable bonds is 4. The lowest BCUT2D eigenvalue weighted by Gasteiger charge is -2.32. The molecule has 0 saturated carbocycles. The Kier molecular flexibility index (Phi) is 4.61. The Labute approximate surface area is 153 Å². The van der Waals surface area contributed by atoms with Crippen molar-refractivity contribution in [2.24, 2.45) is 0 Å². The van der Waals surface area contributed by atoms with Crippen molar-refractivity contribution in [1.29, 1.82) is 0 Å². The standard InChI is InChI=1S/C17H17F2N7O/c18-13-2-1-3-14(19)12(13)10-17(27)25-8-6-11(7-9-25)20-15-4-5-16-21-23-24-26(16)22-15/h1-5,11H,6-10H2,(H,20,22). The second-order valence-corrected chi connectivity index (χ2v) is 6.42. The van der Waals surface area contributed by atoms with E-state index in [1.807, 2.05) is 0 Å². The smallest absolute Gasteiger partial charge is 0.227 e. The van der Waals surface area contributed by atoms with Crippen LogP contribution in [0.25, 0.3) is 5.65 Å². The van der Waals surface area contributed by atoms with Crippen LogP contribution in [0.2, 0.25) is 0 Å². The van der Waals surface area contributed by atoms with Gasteiger partial charge in [0.15, 0.2) is 5.65 Å². The zero-order valence-electron chi connectivity index (χ0n) is 14.3. The van der Waals surface area contributed by atoms with Gasteiger partial charge >= 0.3 is 0 Å². The topological polar surface area (TPSA) is 88.3 Å². The fraction of sp³-hybridized carbons (Fsp3) is 0.353. The van der Waals surface area contributed by atoms with Crippen molar-refractivity contribution < 1.29 is 13.6 Å². The minimum atomic E-state index is -0.691. The number of halogens is 2. The molecule has 0 radical (unpaired) electrons. The quantitative estimate of drug-likeness (QED) is 0.745. The first-order valence-corrected chi connectivity index (χ1v) is 8.63. The van der Waals surface area contributed by atoms with Crippen molar-refractivity contribution in [2.75, 3.05) is 18.4 Å². The number of likely N-dealkylation sites (tertiary alicyclic amines) is 1. The van der Waals surface area contributed by atoms with E-state index in [0.29, 0.717) is 37.4 Å². The Balaban J connectivity index is 1.33. The van der Waals surface area contributed by atoms with Crippen LogP contribution in [0.1, 0.15) is 18.4 Å². The Bertz CT molecular complexity index is 949. The molecule has 2 aromatic heterocycles. The fourth-order valence-corrected chi connectivity index (χ4v) is 3.17. The van der Waals surface area contributed by atoms with E-state index in [1.54, 1.807) is 17.0 Å². The van der Waals surface area contributed by atoms with Gasteiger partial charge in [-0.05, 0) is 47.5 Å². The number of hydrogen-bond acceptors (Lipinski definition) is 6. The molecule has 0 unspecified atom stereocenters. The molecular weight excluding hydrogens is 356 g/mol. The normalized spacial score (nSPS) is 15.3.